The van der Waals surface area contributed by atoms with E-state index in [1.807, 2.05) is 0 Å². The van der Waals surface area contributed by atoms with Crippen molar-refractivity contribution in [2.45, 2.75) is 6.04 Å². The highest BCUT2D eigenvalue weighted by atomic mass is 16.3. The maximum atomic E-state index is 10.8. The maximum Gasteiger partial charge on any atom is 0.248 e. The molecule has 0 aromatic heterocycles. The van der Waals surface area contributed by atoms with Crippen LogP contribution in [0.1, 0.15) is 22.0 Å². The topological polar surface area (TPSA) is 110 Å². The minimum absolute atomic E-state index is 0.0587. The standard InChI is InChI=1S/C9H12N2O3/c10-7(4-12)6-3-5(9(11)14)1-2-8(6)13/h1-3,7,12-13H,4,10H2,(H2,11,14)/t7-/m1/s1. The van der Waals surface area contributed by atoms with Gasteiger partial charge in [-0.25, -0.2) is 0 Å². The maximum absolute atomic E-state index is 10.8. The summed E-state index contributed by atoms with van der Waals surface area (Å²) in [5, 5.41) is 18.2. The number of phenolic OH excluding ortho intramolecular Hbond substituents is 1. The van der Waals surface area contributed by atoms with Crippen LogP contribution in [0.5, 0.6) is 5.75 Å². The highest BCUT2D eigenvalue weighted by Crippen LogP contribution is 2.23. The number of carbonyl (C=O) groups is 1. The van der Waals surface area contributed by atoms with Gasteiger partial charge in [-0.2, -0.15) is 0 Å². The molecule has 0 radical (unpaired) electrons. The Kier molecular flexibility index (Phi) is 3.06. The lowest BCUT2D eigenvalue weighted by atomic mass is 10.0. The molecule has 0 aliphatic rings. The van der Waals surface area contributed by atoms with E-state index in [4.69, 9.17) is 16.6 Å². The summed E-state index contributed by atoms with van der Waals surface area (Å²) in [4.78, 5) is 10.8. The Hall–Kier alpha value is -1.59. The number of hydrogen-bond acceptors (Lipinski definition) is 4. The molecule has 1 rings (SSSR count). The summed E-state index contributed by atoms with van der Waals surface area (Å²) in [5.74, 6) is -0.659. The Morgan fingerprint density at radius 1 is 1.50 bits per heavy atom. The van der Waals surface area contributed by atoms with Crippen LogP contribution in [0.2, 0.25) is 0 Å². The van der Waals surface area contributed by atoms with Gasteiger partial charge in [-0.3, -0.25) is 4.79 Å². The smallest absolute Gasteiger partial charge is 0.248 e. The number of phenols is 1. The van der Waals surface area contributed by atoms with Crippen LogP contribution in [0.15, 0.2) is 18.2 Å². The van der Waals surface area contributed by atoms with Crippen molar-refractivity contribution in [1.29, 1.82) is 0 Å². The average molecular weight is 196 g/mol. The summed E-state index contributed by atoms with van der Waals surface area (Å²) < 4.78 is 0. The molecule has 6 N–H and O–H groups in total. The second-order valence-electron chi connectivity index (χ2n) is 2.93. The van der Waals surface area contributed by atoms with E-state index in [0.29, 0.717) is 5.56 Å². The number of hydrogen-bond donors (Lipinski definition) is 4. The van der Waals surface area contributed by atoms with Crippen molar-refractivity contribution in [2.24, 2.45) is 11.5 Å². The molecule has 14 heavy (non-hydrogen) atoms. The fraction of sp³-hybridized carbons (Fsp3) is 0.222. The van der Waals surface area contributed by atoms with Crippen molar-refractivity contribution in [2.75, 3.05) is 6.61 Å². The number of aliphatic hydroxyl groups excluding tert-OH is 1. The normalized spacial score (nSPS) is 12.4. The predicted octanol–water partition coefficient (Wildman–Crippen LogP) is -0.517. The van der Waals surface area contributed by atoms with Crippen molar-refractivity contribution in [1.82, 2.24) is 0 Å². The van der Waals surface area contributed by atoms with E-state index in [1.54, 1.807) is 0 Å². The first-order valence-corrected chi connectivity index (χ1v) is 4.05. The van der Waals surface area contributed by atoms with Crippen LogP contribution >= 0.6 is 0 Å². The van der Waals surface area contributed by atoms with Gasteiger partial charge in [0.2, 0.25) is 5.91 Å². The molecule has 0 aliphatic heterocycles. The summed E-state index contributed by atoms with van der Waals surface area (Å²) in [6, 6.07) is 3.38. The monoisotopic (exact) mass is 196 g/mol. The highest BCUT2D eigenvalue weighted by Gasteiger charge is 2.12. The van der Waals surface area contributed by atoms with Crippen molar-refractivity contribution in [3.63, 3.8) is 0 Å². The van der Waals surface area contributed by atoms with Gasteiger partial charge in [-0.1, -0.05) is 0 Å². The first kappa shape index (κ1) is 10.5. The van der Waals surface area contributed by atoms with Gasteiger partial charge in [0.05, 0.1) is 12.6 Å². The molecule has 76 valence electrons. The van der Waals surface area contributed by atoms with Crippen molar-refractivity contribution in [3.8, 4) is 5.75 Å². The molecule has 0 unspecified atom stereocenters. The van der Waals surface area contributed by atoms with E-state index in [-0.39, 0.29) is 17.9 Å². The molecule has 0 aliphatic carbocycles. The summed E-state index contributed by atoms with van der Waals surface area (Å²) in [6.45, 7) is -0.310. The van der Waals surface area contributed by atoms with Crippen LogP contribution in [0, 0.1) is 0 Å². The zero-order valence-corrected chi connectivity index (χ0v) is 7.47. The number of primary amides is 1. The minimum Gasteiger partial charge on any atom is -0.508 e. The van der Waals surface area contributed by atoms with E-state index in [9.17, 15) is 9.90 Å². The molecular formula is C9H12N2O3. The first-order valence-electron chi connectivity index (χ1n) is 4.05. The molecule has 0 saturated heterocycles. The van der Waals surface area contributed by atoms with E-state index in [2.05, 4.69) is 0 Å². The third-order valence-corrected chi connectivity index (χ3v) is 1.91. The van der Waals surface area contributed by atoms with Gasteiger partial charge in [0.25, 0.3) is 0 Å². The number of rotatable bonds is 3. The lowest BCUT2D eigenvalue weighted by Gasteiger charge is -2.11. The first-order chi connectivity index (χ1) is 6.56. The van der Waals surface area contributed by atoms with E-state index < -0.39 is 11.9 Å². The predicted molar refractivity (Wildman–Crippen MR) is 50.6 cm³/mol. The minimum atomic E-state index is -0.714. The van der Waals surface area contributed by atoms with Crippen LogP contribution in [0.4, 0.5) is 0 Å². The molecule has 5 nitrogen and oxygen atoms in total. The average Bonchev–Trinajstić information content (AvgIpc) is 2.17. The quantitative estimate of drug-likeness (QED) is 0.521. The third kappa shape index (κ3) is 2.01. The van der Waals surface area contributed by atoms with Gasteiger partial charge in [-0.05, 0) is 18.2 Å². The molecule has 1 atom stereocenters. The fourth-order valence-corrected chi connectivity index (χ4v) is 1.10. The van der Waals surface area contributed by atoms with E-state index >= 15 is 0 Å². The Bertz CT molecular complexity index is 352. The SMILES string of the molecule is NC(=O)c1ccc(O)c([C@H](N)CO)c1. The summed E-state index contributed by atoms with van der Waals surface area (Å²) >= 11 is 0. The lowest BCUT2D eigenvalue weighted by molar-refractivity contribution is 0.1000. The number of amides is 1. The summed E-state index contributed by atoms with van der Waals surface area (Å²) in [5.41, 5.74) is 11.1. The Morgan fingerprint density at radius 3 is 2.64 bits per heavy atom. The number of benzene rings is 1. The van der Waals surface area contributed by atoms with Gasteiger partial charge in [-0.15, -0.1) is 0 Å². The highest BCUT2D eigenvalue weighted by molar-refractivity contribution is 5.93. The number of aromatic hydroxyl groups is 1. The number of aliphatic hydroxyl groups is 1. The molecule has 1 aromatic rings. The van der Waals surface area contributed by atoms with Gasteiger partial charge in [0, 0.05) is 11.1 Å². The molecule has 0 fully saturated rings. The van der Waals surface area contributed by atoms with Crippen molar-refractivity contribution < 1.29 is 15.0 Å². The lowest BCUT2D eigenvalue weighted by Crippen LogP contribution is -2.17. The second-order valence-corrected chi connectivity index (χ2v) is 2.93. The Morgan fingerprint density at radius 2 is 2.14 bits per heavy atom. The largest absolute Gasteiger partial charge is 0.508 e. The Labute approximate surface area is 81.0 Å². The summed E-state index contributed by atoms with van der Waals surface area (Å²) in [6.07, 6.45) is 0. The molecule has 0 bridgehead atoms. The summed E-state index contributed by atoms with van der Waals surface area (Å²) in [7, 11) is 0. The van der Waals surface area contributed by atoms with Crippen LogP contribution in [0.3, 0.4) is 0 Å². The Balaban J connectivity index is 3.14. The van der Waals surface area contributed by atoms with Gasteiger partial charge >= 0.3 is 0 Å². The molecule has 0 heterocycles. The van der Waals surface area contributed by atoms with Crippen LogP contribution < -0.4 is 11.5 Å². The molecule has 0 saturated carbocycles. The number of carbonyl (C=O) groups excluding carboxylic acids is 1. The van der Waals surface area contributed by atoms with E-state index in [1.165, 1.54) is 18.2 Å². The molecule has 1 aromatic carbocycles. The molecule has 0 spiro atoms. The zero-order chi connectivity index (χ0) is 10.7. The number of nitrogens with two attached hydrogens (primary N) is 2. The fourth-order valence-electron chi connectivity index (χ4n) is 1.10. The van der Waals surface area contributed by atoms with Gasteiger partial charge < -0.3 is 21.7 Å². The van der Waals surface area contributed by atoms with Crippen LogP contribution in [-0.4, -0.2) is 22.7 Å². The molecule has 5 heteroatoms. The van der Waals surface area contributed by atoms with Crippen LogP contribution in [0.25, 0.3) is 0 Å². The zero-order valence-electron chi connectivity index (χ0n) is 7.47. The van der Waals surface area contributed by atoms with Gasteiger partial charge in [0.15, 0.2) is 0 Å². The molecular weight excluding hydrogens is 184 g/mol. The van der Waals surface area contributed by atoms with Crippen molar-refractivity contribution in [3.05, 3.63) is 29.3 Å². The van der Waals surface area contributed by atoms with Gasteiger partial charge in [0.1, 0.15) is 5.75 Å². The van der Waals surface area contributed by atoms with E-state index in [0.717, 1.165) is 0 Å². The third-order valence-electron chi connectivity index (χ3n) is 1.91. The van der Waals surface area contributed by atoms with Crippen molar-refractivity contribution >= 4 is 5.91 Å². The van der Waals surface area contributed by atoms with Crippen LogP contribution in [-0.2, 0) is 0 Å². The second kappa shape index (κ2) is 4.08. The molecule has 1 amide bonds.